The molecule has 0 unspecified atom stereocenters. The van der Waals surface area contributed by atoms with Crippen molar-refractivity contribution in [2.24, 2.45) is 4.99 Å². The van der Waals surface area contributed by atoms with Crippen LogP contribution < -0.4 is 10.1 Å². The number of aromatic nitrogens is 1. The van der Waals surface area contributed by atoms with Crippen molar-refractivity contribution in [1.82, 2.24) is 4.98 Å². The van der Waals surface area contributed by atoms with Crippen molar-refractivity contribution < 1.29 is 4.74 Å². The van der Waals surface area contributed by atoms with E-state index in [-0.39, 0.29) is 0 Å². The second kappa shape index (κ2) is 7.31. The average molecular weight is 319 g/mol. The van der Waals surface area contributed by atoms with Gasteiger partial charge in [-0.1, -0.05) is 18.2 Å². The van der Waals surface area contributed by atoms with Crippen molar-refractivity contribution >= 4 is 34.6 Å². The molecule has 0 aliphatic heterocycles. The standard InChI is InChI=1S/C18H13N3OS/c23-13-20-15-8-11-18(19-12-15)21-14-6-9-17(10-7-14)22-16-4-2-1-3-5-16/h1-12H,(H,19,21). The summed E-state index contributed by atoms with van der Waals surface area (Å²) in [5.74, 6) is 2.31. The number of isothiocyanates is 1. The van der Waals surface area contributed by atoms with Crippen LogP contribution in [0.5, 0.6) is 11.5 Å². The highest BCUT2D eigenvalue weighted by molar-refractivity contribution is 7.78. The number of hydrogen-bond donors (Lipinski definition) is 1. The number of rotatable bonds is 5. The zero-order valence-corrected chi connectivity index (χ0v) is 13.0. The van der Waals surface area contributed by atoms with Gasteiger partial charge in [-0.3, -0.25) is 0 Å². The smallest absolute Gasteiger partial charge is 0.130 e. The minimum atomic E-state index is 0.678. The van der Waals surface area contributed by atoms with Gasteiger partial charge in [0.2, 0.25) is 0 Å². The van der Waals surface area contributed by atoms with Crippen LogP contribution in [0.15, 0.2) is 77.9 Å². The van der Waals surface area contributed by atoms with Crippen molar-refractivity contribution in [1.29, 1.82) is 0 Å². The summed E-state index contributed by atoms with van der Waals surface area (Å²) in [7, 11) is 0. The molecule has 0 aliphatic rings. The van der Waals surface area contributed by atoms with Gasteiger partial charge in [-0.2, -0.15) is 4.99 Å². The van der Waals surface area contributed by atoms with Gasteiger partial charge in [0.25, 0.3) is 0 Å². The Kier molecular flexibility index (Phi) is 4.74. The van der Waals surface area contributed by atoms with E-state index in [0.717, 1.165) is 23.0 Å². The highest BCUT2D eigenvalue weighted by atomic mass is 32.1. The van der Waals surface area contributed by atoms with Crippen molar-refractivity contribution in [2.75, 3.05) is 5.32 Å². The fraction of sp³-hybridized carbons (Fsp3) is 0. The van der Waals surface area contributed by atoms with Gasteiger partial charge in [0.15, 0.2) is 0 Å². The summed E-state index contributed by atoms with van der Waals surface area (Å²) in [6.07, 6.45) is 1.63. The summed E-state index contributed by atoms with van der Waals surface area (Å²) in [6.45, 7) is 0. The summed E-state index contributed by atoms with van der Waals surface area (Å²) in [5.41, 5.74) is 1.60. The zero-order valence-electron chi connectivity index (χ0n) is 12.1. The van der Waals surface area contributed by atoms with Crippen LogP contribution in [0, 0.1) is 0 Å². The van der Waals surface area contributed by atoms with Crippen LogP contribution in [0.1, 0.15) is 0 Å². The van der Waals surface area contributed by atoms with Crippen LogP contribution in [0.25, 0.3) is 0 Å². The molecule has 1 heterocycles. The fourth-order valence-electron chi connectivity index (χ4n) is 1.96. The molecule has 1 aromatic heterocycles. The van der Waals surface area contributed by atoms with E-state index in [4.69, 9.17) is 4.74 Å². The molecular formula is C18H13N3OS. The number of anilines is 2. The van der Waals surface area contributed by atoms with E-state index >= 15 is 0 Å². The number of pyridine rings is 1. The van der Waals surface area contributed by atoms with Crippen LogP contribution >= 0.6 is 12.2 Å². The first-order chi connectivity index (χ1) is 11.3. The first-order valence-electron chi connectivity index (χ1n) is 6.97. The summed E-state index contributed by atoms with van der Waals surface area (Å²) in [4.78, 5) is 8.12. The number of para-hydroxylation sites is 1. The van der Waals surface area contributed by atoms with E-state index in [1.807, 2.05) is 66.7 Å². The third-order valence-electron chi connectivity index (χ3n) is 3.03. The molecule has 0 saturated heterocycles. The van der Waals surface area contributed by atoms with Crippen molar-refractivity contribution in [2.45, 2.75) is 0 Å². The normalized spacial score (nSPS) is 9.74. The highest BCUT2D eigenvalue weighted by Gasteiger charge is 1.99. The number of nitrogens with one attached hydrogen (secondary N) is 1. The van der Waals surface area contributed by atoms with Gasteiger partial charge in [-0.15, -0.1) is 0 Å². The molecule has 1 N–H and O–H groups in total. The number of thiocarbonyl (C=S) groups is 1. The molecule has 0 bridgehead atoms. The molecular weight excluding hydrogens is 306 g/mol. The summed E-state index contributed by atoms with van der Waals surface area (Å²) in [6, 6.07) is 21.0. The van der Waals surface area contributed by atoms with Gasteiger partial charge in [0, 0.05) is 5.69 Å². The maximum atomic E-state index is 5.75. The van der Waals surface area contributed by atoms with Crippen molar-refractivity contribution in [3.05, 3.63) is 72.9 Å². The maximum absolute atomic E-state index is 5.75. The Morgan fingerprint density at radius 3 is 2.30 bits per heavy atom. The van der Waals surface area contributed by atoms with Gasteiger partial charge in [0.1, 0.15) is 17.3 Å². The van der Waals surface area contributed by atoms with Gasteiger partial charge < -0.3 is 10.1 Å². The first kappa shape index (κ1) is 14.9. The van der Waals surface area contributed by atoms with Crippen LogP contribution in [0.3, 0.4) is 0 Å². The lowest BCUT2D eigenvalue weighted by atomic mass is 10.3. The number of aliphatic imine (C=N–C) groups is 1. The van der Waals surface area contributed by atoms with E-state index in [9.17, 15) is 0 Å². The van der Waals surface area contributed by atoms with E-state index in [0.29, 0.717) is 5.69 Å². The van der Waals surface area contributed by atoms with E-state index in [2.05, 4.69) is 32.7 Å². The third-order valence-corrected chi connectivity index (χ3v) is 3.12. The van der Waals surface area contributed by atoms with E-state index in [1.165, 1.54) is 0 Å². The van der Waals surface area contributed by atoms with Gasteiger partial charge in [-0.25, -0.2) is 4.98 Å². The maximum Gasteiger partial charge on any atom is 0.130 e. The Morgan fingerprint density at radius 2 is 1.65 bits per heavy atom. The lowest BCUT2D eigenvalue weighted by Crippen LogP contribution is -1.92. The predicted molar refractivity (Wildman–Crippen MR) is 95.2 cm³/mol. The molecule has 23 heavy (non-hydrogen) atoms. The number of nitrogens with zero attached hydrogens (tertiary/aromatic N) is 2. The van der Waals surface area contributed by atoms with Crippen LogP contribution in [-0.4, -0.2) is 10.1 Å². The average Bonchev–Trinajstić information content (AvgIpc) is 2.60. The zero-order chi connectivity index (χ0) is 15.9. The molecule has 0 aliphatic carbocycles. The Balaban J connectivity index is 1.66. The first-order valence-corrected chi connectivity index (χ1v) is 7.38. The molecule has 5 heteroatoms. The molecule has 0 spiro atoms. The predicted octanol–water partition coefficient (Wildman–Crippen LogP) is 5.35. The van der Waals surface area contributed by atoms with Crippen molar-refractivity contribution in [3.8, 4) is 11.5 Å². The van der Waals surface area contributed by atoms with Gasteiger partial charge in [0.05, 0.1) is 17.0 Å². The minimum Gasteiger partial charge on any atom is -0.457 e. The Labute approximate surface area is 139 Å². The summed E-state index contributed by atoms with van der Waals surface area (Å²) in [5, 5.41) is 5.52. The summed E-state index contributed by atoms with van der Waals surface area (Å²) >= 11 is 4.56. The molecule has 4 nitrogen and oxygen atoms in total. The largest absolute Gasteiger partial charge is 0.457 e. The molecule has 0 fully saturated rings. The molecule has 0 radical (unpaired) electrons. The second-order valence-corrected chi connectivity index (χ2v) is 4.85. The fourth-order valence-corrected chi connectivity index (χ4v) is 2.06. The van der Waals surface area contributed by atoms with Crippen LogP contribution in [-0.2, 0) is 0 Å². The third kappa shape index (κ3) is 4.23. The summed E-state index contributed by atoms with van der Waals surface area (Å²) < 4.78 is 5.75. The van der Waals surface area contributed by atoms with Crippen LogP contribution in [0.2, 0.25) is 0 Å². The number of ether oxygens (including phenoxy) is 1. The topological polar surface area (TPSA) is 46.5 Å². The van der Waals surface area contributed by atoms with Crippen LogP contribution in [0.4, 0.5) is 17.2 Å². The lowest BCUT2D eigenvalue weighted by molar-refractivity contribution is 0.483. The minimum absolute atomic E-state index is 0.678. The molecule has 0 amide bonds. The Morgan fingerprint density at radius 1 is 0.913 bits per heavy atom. The quantitative estimate of drug-likeness (QED) is 0.508. The monoisotopic (exact) mass is 319 g/mol. The highest BCUT2D eigenvalue weighted by Crippen LogP contribution is 2.24. The Hall–Kier alpha value is -3.01. The van der Waals surface area contributed by atoms with Gasteiger partial charge in [-0.05, 0) is 60.7 Å². The molecule has 0 atom stereocenters. The molecule has 3 rings (SSSR count). The molecule has 3 aromatic rings. The molecule has 2 aromatic carbocycles. The number of benzene rings is 2. The van der Waals surface area contributed by atoms with E-state index in [1.54, 1.807) is 6.20 Å². The van der Waals surface area contributed by atoms with Gasteiger partial charge >= 0.3 is 0 Å². The SMILES string of the molecule is S=C=Nc1ccc(Nc2ccc(Oc3ccccc3)cc2)nc1. The molecule has 0 saturated carbocycles. The second-order valence-electron chi connectivity index (χ2n) is 4.67. The van der Waals surface area contributed by atoms with Crippen molar-refractivity contribution in [3.63, 3.8) is 0 Å². The molecule has 112 valence electrons. The Bertz CT molecular complexity index is 811. The number of hydrogen-bond acceptors (Lipinski definition) is 5. The lowest BCUT2D eigenvalue weighted by Gasteiger charge is -2.08. The van der Waals surface area contributed by atoms with E-state index < -0.39 is 0 Å².